The van der Waals surface area contributed by atoms with E-state index in [-0.39, 0.29) is 11.3 Å². The van der Waals surface area contributed by atoms with E-state index in [2.05, 4.69) is 52.5 Å². The van der Waals surface area contributed by atoms with Crippen molar-refractivity contribution in [2.24, 2.45) is 0 Å². The topological polar surface area (TPSA) is 122 Å². The number of rotatable bonds is 2. The van der Waals surface area contributed by atoms with Crippen molar-refractivity contribution >= 4 is 11.3 Å². The smallest absolute Gasteiger partial charge is 0.246 e. The first kappa shape index (κ1) is 19.5. The van der Waals surface area contributed by atoms with Crippen molar-refractivity contribution in [2.75, 3.05) is 0 Å². The summed E-state index contributed by atoms with van der Waals surface area (Å²) in [4.78, 5) is 0. The summed E-state index contributed by atoms with van der Waals surface area (Å²) < 4.78 is 47.5. The molecule has 154 valence electrons. The Morgan fingerprint density at radius 3 is 2.10 bits per heavy atom. The number of nitrogens with zero attached hydrogens (tertiary/aromatic N) is 1. The highest BCUT2D eigenvalue weighted by atomic mass is 35.7. The van der Waals surface area contributed by atoms with E-state index < -0.39 is 10.2 Å². The lowest BCUT2D eigenvalue weighted by Gasteiger charge is -2.47. The minimum atomic E-state index is -4.94. The second kappa shape index (κ2) is 7.05. The van der Waals surface area contributed by atoms with E-state index in [1.54, 1.807) is 12.5 Å². The molecule has 5 heterocycles. The third kappa shape index (κ3) is 3.01. The van der Waals surface area contributed by atoms with Gasteiger partial charge in [-0.15, -0.1) is 10.2 Å². The van der Waals surface area contributed by atoms with Crippen LogP contribution in [0.15, 0.2) is 81.9 Å². The Balaban J connectivity index is 0.000000349. The molecule has 3 aliphatic rings. The first-order chi connectivity index (χ1) is 14.4. The molecular formula is C21H16ClNO6S. The van der Waals surface area contributed by atoms with Crippen LogP contribution in [0.1, 0.15) is 45.6 Å². The zero-order valence-corrected chi connectivity index (χ0v) is 17.0. The fourth-order valence-corrected chi connectivity index (χ4v) is 6.12. The number of thiazole rings is 1. The molecule has 2 bridgehead atoms. The molecule has 0 saturated carbocycles. The Morgan fingerprint density at radius 2 is 1.53 bits per heavy atom. The lowest BCUT2D eigenvalue weighted by molar-refractivity contribution is -2.00. The molecule has 0 fully saturated rings. The summed E-state index contributed by atoms with van der Waals surface area (Å²) in [6, 6.07) is 13.5. The molecule has 2 aliphatic heterocycles. The van der Waals surface area contributed by atoms with E-state index in [9.17, 15) is 0 Å². The van der Waals surface area contributed by atoms with Crippen LogP contribution in [0, 0.1) is 10.2 Å². The van der Waals surface area contributed by atoms with E-state index >= 15 is 0 Å². The average Bonchev–Trinajstić information content (AvgIpc) is 3.49. The van der Waals surface area contributed by atoms with Crippen molar-refractivity contribution in [3.8, 4) is 0 Å². The van der Waals surface area contributed by atoms with Gasteiger partial charge in [0.2, 0.25) is 5.01 Å². The van der Waals surface area contributed by atoms with E-state index in [0.717, 1.165) is 6.42 Å². The first-order valence-electron chi connectivity index (χ1n) is 9.14. The lowest BCUT2D eigenvalue weighted by atomic mass is 9.55. The van der Waals surface area contributed by atoms with Crippen molar-refractivity contribution in [1.29, 1.82) is 0 Å². The molecule has 4 aromatic rings. The Morgan fingerprint density at radius 1 is 0.933 bits per heavy atom. The number of aromatic nitrogens is 1. The van der Waals surface area contributed by atoms with Gasteiger partial charge in [-0.2, -0.15) is 4.57 Å². The van der Waals surface area contributed by atoms with E-state index in [4.69, 9.17) is 27.5 Å². The van der Waals surface area contributed by atoms with E-state index in [1.165, 1.54) is 27.3 Å². The second-order valence-corrected chi connectivity index (χ2v) is 8.99. The molecule has 1 aromatic carbocycles. The van der Waals surface area contributed by atoms with Crippen LogP contribution >= 0.6 is 11.3 Å². The minimum absolute atomic E-state index is 0.149. The van der Waals surface area contributed by atoms with Crippen LogP contribution in [0.4, 0.5) is 0 Å². The average molecular weight is 446 g/mol. The van der Waals surface area contributed by atoms with Crippen LogP contribution in [0.3, 0.4) is 0 Å². The highest BCUT2D eigenvalue weighted by molar-refractivity contribution is 7.09. The molecule has 2 unspecified atom stereocenters. The maximum absolute atomic E-state index is 8.49. The Kier molecular flexibility index (Phi) is 4.59. The predicted molar refractivity (Wildman–Crippen MR) is 93.8 cm³/mol. The number of benzene rings is 1. The zero-order valence-electron chi connectivity index (χ0n) is 15.5. The van der Waals surface area contributed by atoms with Crippen molar-refractivity contribution in [3.05, 3.63) is 100 Å². The predicted octanol–water partition coefficient (Wildman–Crippen LogP) is -0.110. The van der Waals surface area contributed by atoms with Crippen LogP contribution < -0.4 is 23.2 Å². The number of hydrogen-bond acceptors (Lipinski definition) is 7. The molecule has 2 atom stereocenters. The fourth-order valence-electron chi connectivity index (χ4n) is 5.01. The van der Waals surface area contributed by atoms with Gasteiger partial charge in [-0.3, -0.25) is 0 Å². The van der Waals surface area contributed by atoms with Crippen molar-refractivity contribution in [3.63, 3.8) is 0 Å². The van der Waals surface area contributed by atoms with Crippen LogP contribution in [-0.2, 0) is 5.41 Å². The number of fused-ring (bicyclic) bond motifs is 1. The lowest BCUT2D eigenvalue weighted by Crippen LogP contribution is -2.68. The molecule has 0 N–H and O–H groups in total. The summed E-state index contributed by atoms with van der Waals surface area (Å²) in [7, 11) is -4.94. The van der Waals surface area contributed by atoms with Crippen LogP contribution in [0.25, 0.3) is 0 Å². The largest absolute Gasteiger partial charge is 0.472 e. The van der Waals surface area contributed by atoms with Gasteiger partial charge in [0.15, 0.2) is 12.2 Å². The Labute approximate surface area is 177 Å². The minimum Gasteiger partial charge on any atom is -0.472 e. The van der Waals surface area contributed by atoms with Gasteiger partial charge in [0.1, 0.15) is 0 Å². The maximum Gasteiger partial charge on any atom is 0.246 e. The summed E-state index contributed by atoms with van der Waals surface area (Å²) in [5.41, 5.74) is 5.20. The highest BCUT2D eigenvalue weighted by Crippen LogP contribution is 2.60. The van der Waals surface area contributed by atoms with Gasteiger partial charge in [0.05, 0.1) is 41.8 Å². The van der Waals surface area contributed by atoms with Crippen LogP contribution in [-0.4, -0.2) is 0 Å². The monoisotopic (exact) mass is 445 g/mol. The summed E-state index contributed by atoms with van der Waals surface area (Å²) in [5, 5.41) is 3.62. The van der Waals surface area contributed by atoms with Gasteiger partial charge in [-0.1, -0.05) is 35.6 Å². The van der Waals surface area contributed by atoms with Crippen LogP contribution in [0.5, 0.6) is 0 Å². The third-order valence-electron chi connectivity index (χ3n) is 5.99. The molecule has 0 radical (unpaired) electrons. The Bertz CT molecular complexity index is 1110. The molecule has 0 saturated heterocycles. The summed E-state index contributed by atoms with van der Waals surface area (Å²) >= 11 is 1.85. The SMILES string of the molecule is [O-][Cl+3]([O-])([O-])[O-].c1ccc2c(c1)C1CC(c3ccoc3)(c3ccoc3)C2c2scc[n+]21. The van der Waals surface area contributed by atoms with Gasteiger partial charge in [0, 0.05) is 23.1 Å². The van der Waals surface area contributed by atoms with Gasteiger partial charge < -0.3 is 8.83 Å². The van der Waals surface area contributed by atoms with E-state index in [0.29, 0.717) is 6.04 Å². The van der Waals surface area contributed by atoms with Crippen molar-refractivity contribution < 1.29 is 42.3 Å². The maximum atomic E-state index is 8.49. The van der Waals surface area contributed by atoms with Gasteiger partial charge in [-0.05, 0) is 17.7 Å². The zero-order chi connectivity index (χ0) is 20.9. The molecule has 30 heavy (non-hydrogen) atoms. The number of halogens is 1. The molecule has 0 spiro atoms. The van der Waals surface area contributed by atoms with Crippen molar-refractivity contribution in [1.82, 2.24) is 0 Å². The summed E-state index contributed by atoms with van der Waals surface area (Å²) in [6.07, 6.45) is 10.6. The Hall–Kier alpha value is -2.46. The number of hydrogen-bond donors (Lipinski definition) is 0. The highest BCUT2D eigenvalue weighted by Gasteiger charge is 2.60. The molecule has 3 aromatic heterocycles. The fraction of sp³-hybridized carbons (Fsp3) is 0.190. The third-order valence-corrected chi connectivity index (χ3v) is 6.94. The molecular weight excluding hydrogens is 430 g/mol. The standard InChI is InChI=1S/C21H16NO2S.ClHO4/c1-2-4-17-16(3-1)18-11-21(14-5-8-23-12-14,15-6-9-24-13-15)19(17)20-22(18)7-10-25-20;2-1(3,4)5/h1-10,12-13,18-19H,11H2;(H,2,3,4,5)/q+1;/p-1. The summed E-state index contributed by atoms with van der Waals surface area (Å²) in [5.74, 6) is 0.267. The normalized spacial score (nSPS) is 20.8. The molecule has 7 rings (SSSR count). The van der Waals surface area contributed by atoms with Gasteiger partial charge >= 0.3 is 0 Å². The van der Waals surface area contributed by atoms with Crippen molar-refractivity contribution in [2.45, 2.75) is 23.8 Å². The molecule has 7 nitrogen and oxygen atoms in total. The van der Waals surface area contributed by atoms with E-state index in [1.807, 2.05) is 23.9 Å². The van der Waals surface area contributed by atoms with Gasteiger partial charge in [0.25, 0.3) is 0 Å². The second-order valence-electron chi connectivity index (χ2n) is 7.30. The molecule has 9 heteroatoms. The van der Waals surface area contributed by atoms with Crippen LogP contribution in [0.2, 0.25) is 0 Å². The quantitative estimate of drug-likeness (QED) is 0.397. The van der Waals surface area contributed by atoms with Gasteiger partial charge in [-0.25, -0.2) is 18.6 Å². The number of furan rings is 2. The molecule has 1 aliphatic carbocycles. The first-order valence-corrected chi connectivity index (χ1v) is 11.3. The molecule has 0 amide bonds. The summed E-state index contributed by atoms with van der Waals surface area (Å²) in [6.45, 7) is 0.